The van der Waals surface area contributed by atoms with Gasteiger partial charge in [-0.3, -0.25) is 22.7 Å². The molecule has 0 aliphatic carbocycles. The fourth-order valence-electron chi connectivity index (χ4n) is 5.41. The Morgan fingerprint density at radius 2 is 1.64 bits per heavy atom. The highest BCUT2D eigenvalue weighted by molar-refractivity contribution is 8.44. The van der Waals surface area contributed by atoms with Crippen LogP contribution in [0.3, 0.4) is 0 Å². The molecule has 7 rings (SSSR count). The molecular weight excluding hydrogens is 664 g/mol. The Morgan fingerprint density at radius 3 is 2.41 bits per heavy atom. The zero-order chi connectivity index (χ0) is 31.0. The van der Waals surface area contributed by atoms with E-state index in [9.17, 15) is 19.3 Å². The number of rotatable bonds is 2. The number of fused-ring (bicyclic) bond motifs is 5. The summed E-state index contributed by atoms with van der Waals surface area (Å²) in [6.07, 6.45) is -2.68. The molecule has 2 unspecified atom stereocenters. The summed E-state index contributed by atoms with van der Waals surface area (Å²) in [4.78, 5) is 20.4. The topological polar surface area (TPSA) is 256 Å². The highest BCUT2D eigenvalue weighted by Crippen LogP contribution is 2.60. The van der Waals surface area contributed by atoms with Crippen molar-refractivity contribution in [3.63, 3.8) is 0 Å². The van der Waals surface area contributed by atoms with Crippen LogP contribution in [0.4, 0.5) is 11.6 Å². The van der Waals surface area contributed by atoms with Gasteiger partial charge in [0.2, 0.25) is 0 Å². The standard InChI is InChI=1S/C21H25N9O10P2S2/c22-16-9-1-2-29(18(9)26-6-24-16)20-14-13(31)10(38-20)3-36-42(34,44)40-15-11(4-37-41(33,43)39-14)35-5-21(15,32)30-8-28-12-17(23)25-7-27-19(12)30/h1-2,6-8,10-11,13-15,20,31-32H,3-5H2,(H,33,43)(H,34,44)(H2,22,24,26)(H2,23,25,27)/t10-,11-,13-,14-,15-,20-,21-,41?,42?/m1/s1. The molecule has 0 spiro atoms. The molecule has 0 aromatic carbocycles. The van der Waals surface area contributed by atoms with Gasteiger partial charge in [0.25, 0.3) is 0 Å². The summed E-state index contributed by atoms with van der Waals surface area (Å²) in [5.41, 5.74) is 10.4. The Hall–Kier alpha value is -2.39. The number of aliphatic hydroxyl groups is 2. The number of hydrogen-bond donors (Lipinski definition) is 6. The number of ether oxygens (including phenoxy) is 2. The van der Waals surface area contributed by atoms with Crippen molar-refractivity contribution >= 4 is 71.9 Å². The number of imidazole rings is 1. The second kappa shape index (κ2) is 10.9. The van der Waals surface area contributed by atoms with Gasteiger partial charge >= 0.3 is 13.6 Å². The van der Waals surface area contributed by atoms with E-state index in [0.29, 0.717) is 11.0 Å². The van der Waals surface area contributed by atoms with Gasteiger partial charge in [-0.25, -0.2) is 34.0 Å². The number of hydrogen-bond acceptors (Lipinski definition) is 17. The number of nitrogens with zero attached hydrogens (tertiary/aromatic N) is 7. The average molecular weight is 690 g/mol. The second-order valence-electron chi connectivity index (χ2n) is 10.2. The fourth-order valence-corrected chi connectivity index (χ4v) is 8.36. The maximum atomic E-state index is 13.6. The van der Waals surface area contributed by atoms with Gasteiger partial charge in [-0.2, -0.15) is 0 Å². The van der Waals surface area contributed by atoms with Gasteiger partial charge in [0, 0.05) is 6.20 Å². The van der Waals surface area contributed by atoms with Crippen LogP contribution in [0.1, 0.15) is 6.23 Å². The zero-order valence-electron chi connectivity index (χ0n) is 22.2. The van der Waals surface area contributed by atoms with Crippen molar-refractivity contribution in [2.75, 3.05) is 31.3 Å². The molecule has 2 bridgehead atoms. The highest BCUT2D eigenvalue weighted by atomic mass is 32.7. The van der Waals surface area contributed by atoms with Gasteiger partial charge in [0.15, 0.2) is 23.4 Å². The molecule has 0 amide bonds. The molecule has 6 N–H and O–H groups in total. The first kappa shape index (κ1) is 30.3. The summed E-state index contributed by atoms with van der Waals surface area (Å²) in [7, 11) is 0. The fraction of sp³-hybridized carbons (Fsp3) is 0.476. The molecule has 3 fully saturated rings. The lowest BCUT2D eigenvalue weighted by Crippen LogP contribution is -2.48. The van der Waals surface area contributed by atoms with Crippen LogP contribution in [0.2, 0.25) is 0 Å². The first-order chi connectivity index (χ1) is 20.9. The molecule has 4 aromatic heterocycles. The normalized spacial score (nSPS) is 38.3. The number of nitrogen functional groups attached to an aromatic ring is 2. The van der Waals surface area contributed by atoms with Crippen LogP contribution in [0.5, 0.6) is 0 Å². The van der Waals surface area contributed by atoms with Crippen molar-refractivity contribution in [2.45, 2.75) is 42.5 Å². The summed E-state index contributed by atoms with van der Waals surface area (Å²) in [6, 6.07) is 1.63. The third-order valence-corrected chi connectivity index (χ3v) is 10.7. The molecule has 0 saturated carbocycles. The van der Waals surface area contributed by atoms with E-state index in [1.165, 1.54) is 28.1 Å². The Balaban J connectivity index is 1.22. The van der Waals surface area contributed by atoms with E-state index >= 15 is 0 Å². The number of nitrogens with two attached hydrogens (primary N) is 2. The minimum atomic E-state index is -4.35. The van der Waals surface area contributed by atoms with E-state index in [1.807, 2.05) is 0 Å². The second-order valence-corrected chi connectivity index (χ2v) is 15.9. The van der Waals surface area contributed by atoms with Crippen molar-refractivity contribution in [3.8, 4) is 0 Å². The third kappa shape index (κ3) is 5.10. The molecule has 236 valence electrons. The van der Waals surface area contributed by atoms with E-state index in [4.69, 9.17) is 39.0 Å². The molecule has 7 heterocycles. The number of aromatic nitrogens is 7. The minimum absolute atomic E-state index is 0.0547. The third-order valence-electron chi connectivity index (χ3n) is 7.51. The van der Waals surface area contributed by atoms with Crippen molar-refractivity contribution in [1.82, 2.24) is 34.1 Å². The predicted molar refractivity (Wildman–Crippen MR) is 156 cm³/mol. The summed E-state index contributed by atoms with van der Waals surface area (Å²) < 4.78 is 64.2. The molecule has 19 nitrogen and oxygen atoms in total. The Bertz CT molecular complexity index is 1850. The van der Waals surface area contributed by atoms with Crippen molar-refractivity contribution in [2.24, 2.45) is 0 Å². The molecule has 9 atom stereocenters. The van der Waals surface area contributed by atoms with Gasteiger partial charge in [0.05, 0.1) is 31.5 Å². The van der Waals surface area contributed by atoms with Crippen molar-refractivity contribution in [1.29, 1.82) is 0 Å². The van der Waals surface area contributed by atoms with Crippen LogP contribution in [0.25, 0.3) is 22.2 Å². The number of aliphatic hydroxyl groups excluding tert-OH is 1. The van der Waals surface area contributed by atoms with Gasteiger partial charge in [-0.05, 0) is 6.07 Å². The maximum Gasteiger partial charge on any atom is 0.386 e. The van der Waals surface area contributed by atoms with Gasteiger partial charge < -0.3 is 35.7 Å². The molecule has 0 radical (unpaired) electrons. The first-order valence-corrected chi connectivity index (χ1v) is 18.3. The molecule has 23 heteroatoms. The molecule has 3 aliphatic heterocycles. The van der Waals surface area contributed by atoms with Crippen LogP contribution < -0.4 is 11.5 Å². The zero-order valence-corrected chi connectivity index (χ0v) is 25.8. The Morgan fingerprint density at radius 1 is 0.955 bits per heavy atom. The van der Waals surface area contributed by atoms with Crippen LogP contribution in [0.15, 0.2) is 31.2 Å². The lowest BCUT2D eigenvalue weighted by Gasteiger charge is -2.33. The summed E-state index contributed by atoms with van der Waals surface area (Å²) in [5.74, 6) is 0.257. The SMILES string of the molecule is Nc1ncnc2c1ccn2[C@@H]1O[C@@H]2COP(=O)(S)O[C@@H]3[C@@H](COP(=O)(S)O[C@@H]1[C@@H]2O)OC[C@]3(O)n1cnc2c(N)ncnc21. The van der Waals surface area contributed by atoms with Crippen LogP contribution in [0, 0.1) is 0 Å². The lowest BCUT2D eigenvalue weighted by molar-refractivity contribution is -0.103. The quantitative estimate of drug-likeness (QED) is 0.125. The van der Waals surface area contributed by atoms with E-state index in [1.54, 1.807) is 12.3 Å². The summed E-state index contributed by atoms with van der Waals surface area (Å²) >= 11 is 8.23. The average Bonchev–Trinajstić information content (AvgIpc) is 3.73. The highest BCUT2D eigenvalue weighted by Gasteiger charge is 2.56. The Kier molecular flexibility index (Phi) is 7.47. The number of thiol groups is 2. The molecule has 3 saturated heterocycles. The van der Waals surface area contributed by atoms with Crippen molar-refractivity contribution < 1.29 is 46.9 Å². The summed E-state index contributed by atoms with van der Waals surface area (Å²) in [5, 5.41) is 23.5. The van der Waals surface area contributed by atoms with Gasteiger partial charge in [-0.1, -0.05) is 24.5 Å². The van der Waals surface area contributed by atoms with Gasteiger partial charge in [0.1, 0.15) is 60.2 Å². The lowest BCUT2D eigenvalue weighted by atomic mass is 10.1. The van der Waals surface area contributed by atoms with E-state index < -0.39 is 75.9 Å². The smallest absolute Gasteiger partial charge is 0.386 e. The molecule has 44 heavy (non-hydrogen) atoms. The van der Waals surface area contributed by atoms with E-state index in [-0.39, 0.29) is 22.8 Å². The van der Waals surface area contributed by atoms with E-state index in [0.717, 1.165) is 0 Å². The molecule has 3 aliphatic rings. The van der Waals surface area contributed by atoms with Crippen LogP contribution >= 0.6 is 38.1 Å². The largest absolute Gasteiger partial charge is 0.387 e. The first-order valence-electron chi connectivity index (χ1n) is 12.9. The van der Waals surface area contributed by atoms with Crippen molar-refractivity contribution in [3.05, 3.63) is 31.2 Å². The van der Waals surface area contributed by atoms with E-state index in [2.05, 4.69) is 49.4 Å². The van der Waals surface area contributed by atoms with Crippen LogP contribution in [-0.2, 0) is 42.4 Å². The summed E-state index contributed by atoms with van der Waals surface area (Å²) in [6.45, 7) is -10.1. The molecular formula is C21H25N9O10P2S2. The Labute approximate surface area is 257 Å². The van der Waals surface area contributed by atoms with Gasteiger partial charge in [-0.15, -0.1) is 0 Å². The predicted octanol–water partition coefficient (Wildman–Crippen LogP) is 0.631. The monoisotopic (exact) mass is 689 g/mol. The number of anilines is 2. The molecule has 4 aromatic rings. The minimum Gasteiger partial charge on any atom is -0.387 e. The maximum absolute atomic E-state index is 13.6. The van der Waals surface area contributed by atoms with Crippen LogP contribution in [-0.4, -0.2) is 94.6 Å².